The highest BCUT2D eigenvalue weighted by atomic mass is 35.5. The van der Waals surface area contributed by atoms with Gasteiger partial charge in [-0.25, -0.2) is 19.4 Å². The molecule has 4 aromatic rings. The Hall–Kier alpha value is -4.29. The van der Waals surface area contributed by atoms with Crippen LogP contribution in [0, 0.1) is 0 Å². The van der Waals surface area contributed by atoms with Crippen molar-refractivity contribution in [3.8, 4) is 23.0 Å². The van der Waals surface area contributed by atoms with Gasteiger partial charge in [-0.15, -0.1) is 23.4 Å². The summed E-state index contributed by atoms with van der Waals surface area (Å²) in [6.45, 7) is 1.45. The van der Waals surface area contributed by atoms with E-state index in [1.54, 1.807) is 13.8 Å². The fourth-order valence-electron chi connectivity index (χ4n) is 3.97. The average Bonchev–Trinajstić information content (AvgIpc) is 3.48. The Morgan fingerprint density at radius 1 is 1.09 bits per heavy atom. The summed E-state index contributed by atoms with van der Waals surface area (Å²) in [5.41, 5.74) is 4.23. The molecular weight excluding hydrogens is 638 g/mol. The summed E-state index contributed by atoms with van der Waals surface area (Å²) in [6.07, 6.45) is -12.1. The van der Waals surface area contributed by atoms with Gasteiger partial charge >= 0.3 is 18.2 Å². The molecular formula is C26H25ClF6N8O4. The number of hydrogen-bond acceptors (Lipinski definition) is 9. The van der Waals surface area contributed by atoms with E-state index in [0.29, 0.717) is 13.9 Å². The van der Waals surface area contributed by atoms with Gasteiger partial charge in [0.1, 0.15) is 6.54 Å². The Morgan fingerprint density at radius 2 is 1.76 bits per heavy atom. The van der Waals surface area contributed by atoms with E-state index in [-0.39, 0.29) is 35.1 Å². The number of halogens is 7. The quantitative estimate of drug-likeness (QED) is 0.180. The van der Waals surface area contributed by atoms with Gasteiger partial charge in [0.2, 0.25) is 5.82 Å². The number of carbonyl (C=O) groups is 1. The summed E-state index contributed by atoms with van der Waals surface area (Å²) in [4.78, 5) is 34.5. The molecule has 0 aliphatic heterocycles. The minimum Gasteiger partial charge on any atom is -0.402 e. The molecule has 0 bridgehead atoms. The molecule has 0 fully saturated rings. The second kappa shape index (κ2) is 12.6. The highest BCUT2D eigenvalue weighted by molar-refractivity contribution is 6.30. The third-order valence-corrected chi connectivity index (χ3v) is 6.38. The number of alkyl halides is 6. The van der Waals surface area contributed by atoms with Gasteiger partial charge in [-0.3, -0.25) is 9.36 Å². The number of ether oxygens (including phenoxy) is 1. The molecule has 4 rings (SSSR count). The molecule has 19 heteroatoms. The molecule has 3 heterocycles. The van der Waals surface area contributed by atoms with Gasteiger partial charge in [0.15, 0.2) is 35.1 Å². The van der Waals surface area contributed by atoms with Crippen LogP contribution in [-0.4, -0.2) is 69.2 Å². The molecule has 242 valence electrons. The second-order valence-electron chi connectivity index (χ2n) is 10.5. The van der Waals surface area contributed by atoms with Gasteiger partial charge in [-0.2, -0.15) is 17.9 Å². The predicted octanol–water partition coefficient (Wildman–Crippen LogP) is 3.91. The van der Waals surface area contributed by atoms with Crippen molar-refractivity contribution >= 4 is 17.4 Å². The topological polar surface area (TPSA) is 156 Å². The molecule has 0 aliphatic carbocycles. The molecule has 0 spiro atoms. The van der Waals surface area contributed by atoms with Gasteiger partial charge in [0, 0.05) is 28.7 Å². The minimum atomic E-state index is -5.13. The third-order valence-electron chi connectivity index (χ3n) is 6.12. The van der Waals surface area contributed by atoms with Crippen molar-refractivity contribution in [2.75, 3.05) is 0 Å². The SMILES string of the molecule is CC(C)(N)CCC(=O)c1nc(Cn2nc(-c3ccc(Cl)cc3)n(C[C@H](O)C(F)(F)F)c2=O)nn1-c1ncccc1OC(F)(F)F. The number of rotatable bonds is 11. The van der Waals surface area contributed by atoms with Gasteiger partial charge in [0.05, 0.1) is 6.54 Å². The number of ketones is 1. The van der Waals surface area contributed by atoms with Crippen LogP contribution < -0.4 is 16.2 Å². The molecule has 0 unspecified atom stereocenters. The lowest BCUT2D eigenvalue weighted by Gasteiger charge is -2.17. The first-order chi connectivity index (χ1) is 20.8. The zero-order valence-corrected chi connectivity index (χ0v) is 24.2. The van der Waals surface area contributed by atoms with Crippen molar-refractivity contribution < 1.29 is 41.0 Å². The van der Waals surface area contributed by atoms with E-state index in [2.05, 4.69) is 24.9 Å². The molecule has 0 aliphatic rings. The van der Waals surface area contributed by atoms with Crippen LogP contribution in [0.2, 0.25) is 5.02 Å². The lowest BCUT2D eigenvalue weighted by atomic mass is 9.98. The van der Waals surface area contributed by atoms with E-state index in [1.807, 2.05) is 0 Å². The molecule has 1 atom stereocenters. The maximum Gasteiger partial charge on any atom is 0.573 e. The van der Waals surface area contributed by atoms with Crippen molar-refractivity contribution in [1.82, 2.24) is 34.1 Å². The normalized spacial score (nSPS) is 13.2. The number of aliphatic hydroxyl groups excluding tert-OH is 1. The van der Waals surface area contributed by atoms with E-state index in [9.17, 15) is 41.0 Å². The van der Waals surface area contributed by atoms with Crippen LogP contribution in [0.25, 0.3) is 17.2 Å². The summed E-state index contributed by atoms with van der Waals surface area (Å²) in [5.74, 6) is -3.15. The van der Waals surface area contributed by atoms with Gasteiger partial charge < -0.3 is 15.6 Å². The van der Waals surface area contributed by atoms with Crippen LogP contribution in [0.15, 0.2) is 47.4 Å². The van der Waals surface area contributed by atoms with Crippen molar-refractivity contribution in [3.05, 3.63) is 69.8 Å². The molecule has 12 nitrogen and oxygen atoms in total. The van der Waals surface area contributed by atoms with Crippen LogP contribution >= 0.6 is 11.6 Å². The number of nitrogens with zero attached hydrogens (tertiary/aromatic N) is 7. The van der Waals surface area contributed by atoms with Crippen LogP contribution in [0.4, 0.5) is 26.3 Å². The third kappa shape index (κ3) is 8.46. The molecule has 45 heavy (non-hydrogen) atoms. The first kappa shape index (κ1) is 33.6. The predicted molar refractivity (Wildman–Crippen MR) is 146 cm³/mol. The molecule has 0 saturated carbocycles. The smallest absolute Gasteiger partial charge is 0.402 e. The zero-order valence-electron chi connectivity index (χ0n) is 23.5. The monoisotopic (exact) mass is 662 g/mol. The second-order valence-corrected chi connectivity index (χ2v) is 10.9. The number of nitrogens with two attached hydrogens (primary N) is 1. The summed E-state index contributed by atoms with van der Waals surface area (Å²) in [5, 5.41) is 18.2. The Balaban J connectivity index is 1.81. The van der Waals surface area contributed by atoms with Crippen molar-refractivity contribution in [2.24, 2.45) is 5.73 Å². The molecule has 0 amide bonds. The van der Waals surface area contributed by atoms with Crippen molar-refractivity contribution in [2.45, 2.75) is 64.0 Å². The molecule has 1 aromatic carbocycles. The zero-order chi connectivity index (χ0) is 33.3. The largest absolute Gasteiger partial charge is 0.573 e. The molecule has 0 saturated heterocycles. The highest BCUT2D eigenvalue weighted by Gasteiger charge is 2.39. The Bertz CT molecular complexity index is 1730. The molecule has 3 aromatic heterocycles. The van der Waals surface area contributed by atoms with E-state index < -0.39 is 66.1 Å². The summed E-state index contributed by atoms with van der Waals surface area (Å²) < 4.78 is 85.0. The van der Waals surface area contributed by atoms with Crippen molar-refractivity contribution in [1.29, 1.82) is 0 Å². The number of benzene rings is 1. The summed E-state index contributed by atoms with van der Waals surface area (Å²) in [7, 11) is 0. The van der Waals surface area contributed by atoms with Crippen LogP contribution in [0.5, 0.6) is 5.75 Å². The number of aromatic nitrogens is 7. The first-order valence-electron chi connectivity index (χ1n) is 13.0. The number of hydrogen-bond donors (Lipinski definition) is 2. The minimum absolute atomic E-state index is 0.151. The maximum atomic E-state index is 13.3. The number of pyridine rings is 1. The number of aliphatic hydroxyl groups is 1. The van der Waals surface area contributed by atoms with Crippen molar-refractivity contribution in [3.63, 3.8) is 0 Å². The standard InChI is InChI=1S/C26H25ClF6N8O4/c1-24(2,34)10-9-16(42)21-36-19(37-41(21)22-17(4-3-11-35-22)45-26(31,32)33)13-40-23(44)39(12-18(43)25(28,29)30)20(38-40)14-5-7-15(27)8-6-14/h3-8,11,18,43H,9-10,12-13,34H2,1-2H3/t18-/m0/s1. The Morgan fingerprint density at radius 3 is 2.36 bits per heavy atom. The van der Waals surface area contributed by atoms with E-state index in [4.69, 9.17) is 17.3 Å². The van der Waals surface area contributed by atoms with Crippen LogP contribution in [0.1, 0.15) is 43.1 Å². The van der Waals surface area contributed by atoms with E-state index in [1.165, 1.54) is 24.3 Å². The van der Waals surface area contributed by atoms with Gasteiger partial charge in [-0.1, -0.05) is 11.6 Å². The fraction of sp³-hybridized carbons (Fsp3) is 0.385. The lowest BCUT2D eigenvalue weighted by molar-refractivity contribution is -0.274. The van der Waals surface area contributed by atoms with E-state index in [0.717, 1.165) is 18.3 Å². The van der Waals surface area contributed by atoms with Crippen LogP contribution in [0.3, 0.4) is 0 Å². The summed E-state index contributed by atoms with van der Waals surface area (Å²) in [6, 6.07) is 7.67. The Labute approximate surface area is 255 Å². The van der Waals surface area contributed by atoms with Gasteiger partial charge in [-0.05, 0) is 56.7 Å². The highest BCUT2D eigenvalue weighted by Crippen LogP contribution is 2.29. The Kier molecular flexibility index (Phi) is 9.41. The van der Waals surface area contributed by atoms with Crippen LogP contribution in [-0.2, 0) is 13.1 Å². The first-order valence-corrected chi connectivity index (χ1v) is 13.4. The molecule has 3 N–H and O–H groups in total. The maximum absolute atomic E-state index is 13.3. The number of Topliss-reactive ketones (excluding diaryl/α,β-unsaturated/α-hetero) is 1. The fourth-order valence-corrected chi connectivity index (χ4v) is 4.10. The average molecular weight is 663 g/mol. The van der Waals surface area contributed by atoms with Gasteiger partial charge in [0.25, 0.3) is 0 Å². The lowest BCUT2D eigenvalue weighted by Crippen LogP contribution is -2.37. The summed E-state index contributed by atoms with van der Waals surface area (Å²) >= 11 is 5.90. The number of carbonyl (C=O) groups excluding carboxylic acids is 1. The van der Waals surface area contributed by atoms with E-state index >= 15 is 0 Å². The molecule has 0 radical (unpaired) electrons.